The monoisotopic (exact) mass is 308 g/mol. The third kappa shape index (κ3) is 6.11. The van der Waals surface area contributed by atoms with Crippen LogP contribution in [0.1, 0.15) is 24.5 Å². The van der Waals surface area contributed by atoms with E-state index in [1.54, 1.807) is 33.2 Å². The first-order valence-electron chi connectivity index (χ1n) is 7.41. The van der Waals surface area contributed by atoms with E-state index in [1.807, 2.05) is 0 Å². The molecule has 0 aliphatic carbocycles. The molecule has 22 heavy (non-hydrogen) atoms. The number of halogens is 1. The van der Waals surface area contributed by atoms with Crippen molar-refractivity contribution in [2.75, 3.05) is 27.2 Å². The smallest absolute Gasteiger partial charge is 0.241 e. The van der Waals surface area contributed by atoms with Crippen molar-refractivity contribution in [3.63, 3.8) is 0 Å². The molecule has 0 fully saturated rings. The highest BCUT2D eigenvalue weighted by Crippen LogP contribution is 2.09. The molecular formula is C16H25FN4O. The number of guanidine groups is 1. The summed E-state index contributed by atoms with van der Waals surface area (Å²) in [7, 11) is 3.42. The van der Waals surface area contributed by atoms with Crippen LogP contribution in [-0.2, 0) is 11.3 Å². The van der Waals surface area contributed by atoms with Crippen LogP contribution in [0, 0.1) is 12.7 Å². The number of rotatable bonds is 6. The maximum Gasteiger partial charge on any atom is 0.241 e. The molecule has 5 nitrogen and oxygen atoms in total. The van der Waals surface area contributed by atoms with Crippen molar-refractivity contribution in [2.24, 2.45) is 4.99 Å². The molecule has 1 aromatic carbocycles. The van der Waals surface area contributed by atoms with Crippen LogP contribution >= 0.6 is 0 Å². The molecule has 0 spiro atoms. The normalized spacial score (nSPS) is 11.2. The summed E-state index contributed by atoms with van der Waals surface area (Å²) in [4.78, 5) is 17.6. The van der Waals surface area contributed by atoms with Gasteiger partial charge in [0, 0.05) is 20.6 Å². The lowest BCUT2D eigenvalue weighted by molar-refractivity contribution is -0.127. The summed E-state index contributed by atoms with van der Waals surface area (Å²) in [5, 5.41) is 6.16. The minimum Gasteiger partial charge on any atom is -0.356 e. The Balaban J connectivity index is 2.68. The number of hydrogen-bond donors (Lipinski definition) is 2. The quantitative estimate of drug-likeness (QED) is 0.621. The van der Waals surface area contributed by atoms with E-state index < -0.39 is 0 Å². The van der Waals surface area contributed by atoms with E-state index in [2.05, 4.69) is 22.5 Å². The Morgan fingerprint density at radius 3 is 2.64 bits per heavy atom. The van der Waals surface area contributed by atoms with Gasteiger partial charge in [-0.2, -0.15) is 0 Å². The van der Waals surface area contributed by atoms with Crippen molar-refractivity contribution in [3.05, 3.63) is 35.1 Å². The molecule has 2 N–H and O–H groups in total. The first kappa shape index (κ1) is 17.9. The molecule has 0 aliphatic rings. The SMILES string of the molecule is CCCNC(=NCc1ccc(F)c(C)c1)NCC(=O)N(C)C. The van der Waals surface area contributed by atoms with Crippen molar-refractivity contribution in [2.45, 2.75) is 26.8 Å². The van der Waals surface area contributed by atoms with Gasteiger partial charge in [0.2, 0.25) is 5.91 Å². The number of carbonyl (C=O) groups is 1. The maximum absolute atomic E-state index is 13.2. The summed E-state index contributed by atoms with van der Waals surface area (Å²) in [6.45, 7) is 5.16. The van der Waals surface area contributed by atoms with E-state index in [9.17, 15) is 9.18 Å². The van der Waals surface area contributed by atoms with Crippen molar-refractivity contribution < 1.29 is 9.18 Å². The van der Waals surface area contributed by atoms with Gasteiger partial charge in [-0.15, -0.1) is 0 Å². The number of carbonyl (C=O) groups excluding carboxylic acids is 1. The van der Waals surface area contributed by atoms with Crippen LogP contribution in [0.5, 0.6) is 0 Å². The molecule has 0 heterocycles. The molecule has 1 amide bonds. The van der Waals surface area contributed by atoms with Crippen LogP contribution in [0.25, 0.3) is 0 Å². The van der Waals surface area contributed by atoms with Gasteiger partial charge < -0.3 is 15.5 Å². The lowest BCUT2D eigenvalue weighted by Gasteiger charge is -2.14. The van der Waals surface area contributed by atoms with Gasteiger partial charge in [-0.1, -0.05) is 19.1 Å². The van der Waals surface area contributed by atoms with Crippen LogP contribution in [-0.4, -0.2) is 44.0 Å². The van der Waals surface area contributed by atoms with Gasteiger partial charge in [0.25, 0.3) is 0 Å². The molecule has 0 aliphatic heterocycles. The van der Waals surface area contributed by atoms with Crippen molar-refractivity contribution in [1.82, 2.24) is 15.5 Å². The summed E-state index contributed by atoms with van der Waals surface area (Å²) in [6.07, 6.45) is 0.956. The predicted molar refractivity (Wildman–Crippen MR) is 87.3 cm³/mol. The number of likely N-dealkylation sites (N-methyl/N-ethyl adjacent to an activating group) is 1. The number of nitrogens with zero attached hydrogens (tertiary/aromatic N) is 2. The largest absolute Gasteiger partial charge is 0.356 e. The lowest BCUT2D eigenvalue weighted by atomic mass is 10.1. The molecule has 0 saturated heterocycles. The zero-order chi connectivity index (χ0) is 16.5. The van der Waals surface area contributed by atoms with Crippen LogP contribution in [0.15, 0.2) is 23.2 Å². The molecule has 122 valence electrons. The van der Waals surface area contributed by atoms with Gasteiger partial charge in [-0.3, -0.25) is 4.79 Å². The third-order valence-electron chi connectivity index (χ3n) is 3.09. The number of amides is 1. The number of aliphatic imine (C=N–C) groups is 1. The summed E-state index contributed by atoms with van der Waals surface area (Å²) < 4.78 is 13.2. The van der Waals surface area contributed by atoms with E-state index in [0.717, 1.165) is 18.5 Å². The standard InChI is InChI=1S/C16H25FN4O/c1-5-8-18-16(20-11-15(22)21(3)4)19-10-13-6-7-14(17)12(2)9-13/h6-7,9H,5,8,10-11H2,1-4H3,(H2,18,19,20). The van der Waals surface area contributed by atoms with Crippen LogP contribution in [0.3, 0.4) is 0 Å². The van der Waals surface area contributed by atoms with Gasteiger partial charge in [0.1, 0.15) is 5.82 Å². The molecule has 0 bridgehead atoms. The van der Waals surface area contributed by atoms with Crippen molar-refractivity contribution >= 4 is 11.9 Å². The molecule has 0 aromatic heterocycles. The van der Waals surface area contributed by atoms with Crippen LogP contribution in [0.4, 0.5) is 4.39 Å². The van der Waals surface area contributed by atoms with E-state index in [4.69, 9.17) is 0 Å². The Kier molecular flexibility index (Phi) is 7.36. The molecule has 0 radical (unpaired) electrons. The maximum atomic E-state index is 13.2. The Morgan fingerprint density at radius 1 is 1.32 bits per heavy atom. The lowest BCUT2D eigenvalue weighted by Crippen LogP contribution is -2.43. The molecule has 0 atom stereocenters. The first-order valence-corrected chi connectivity index (χ1v) is 7.41. The highest BCUT2D eigenvalue weighted by Gasteiger charge is 2.05. The predicted octanol–water partition coefficient (Wildman–Crippen LogP) is 1.67. The highest BCUT2D eigenvalue weighted by molar-refractivity contribution is 5.86. The van der Waals surface area contributed by atoms with Crippen LogP contribution < -0.4 is 10.6 Å². The van der Waals surface area contributed by atoms with E-state index in [1.165, 1.54) is 11.0 Å². The fraction of sp³-hybridized carbons (Fsp3) is 0.500. The van der Waals surface area contributed by atoms with Gasteiger partial charge >= 0.3 is 0 Å². The van der Waals surface area contributed by atoms with Crippen LogP contribution in [0.2, 0.25) is 0 Å². The minimum absolute atomic E-state index is 0.0244. The summed E-state index contributed by atoms with van der Waals surface area (Å²) >= 11 is 0. The molecule has 1 rings (SSSR count). The number of hydrogen-bond acceptors (Lipinski definition) is 2. The molecule has 0 unspecified atom stereocenters. The van der Waals surface area contributed by atoms with Crippen molar-refractivity contribution in [3.8, 4) is 0 Å². The summed E-state index contributed by atoms with van der Waals surface area (Å²) in [5.41, 5.74) is 1.53. The molecular weight excluding hydrogens is 283 g/mol. The van der Waals surface area contributed by atoms with E-state index >= 15 is 0 Å². The Morgan fingerprint density at radius 2 is 2.05 bits per heavy atom. The van der Waals surface area contributed by atoms with Gasteiger partial charge in [0.15, 0.2) is 5.96 Å². The van der Waals surface area contributed by atoms with Gasteiger partial charge in [0.05, 0.1) is 13.1 Å². The average molecular weight is 308 g/mol. The van der Waals surface area contributed by atoms with Gasteiger partial charge in [-0.05, 0) is 30.5 Å². The van der Waals surface area contributed by atoms with Gasteiger partial charge in [-0.25, -0.2) is 9.38 Å². The summed E-state index contributed by atoms with van der Waals surface area (Å²) in [5.74, 6) is 0.342. The Labute approximate surface area is 131 Å². The van der Waals surface area contributed by atoms with Crippen molar-refractivity contribution in [1.29, 1.82) is 0 Å². The Bertz CT molecular complexity index is 529. The number of nitrogens with one attached hydrogen (secondary N) is 2. The average Bonchev–Trinajstić information content (AvgIpc) is 2.49. The topological polar surface area (TPSA) is 56.7 Å². The molecule has 6 heteroatoms. The summed E-state index contributed by atoms with van der Waals surface area (Å²) in [6, 6.07) is 4.94. The zero-order valence-corrected chi connectivity index (χ0v) is 13.7. The second-order valence-electron chi connectivity index (χ2n) is 5.32. The molecule has 1 aromatic rings. The first-order chi connectivity index (χ1) is 10.4. The second-order valence-corrected chi connectivity index (χ2v) is 5.32. The number of benzene rings is 1. The highest BCUT2D eigenvalue weighted by atomic mass is 19.1. The fourth-order valence-electron chi connectivity index (χ4n) is 1.71. The third-order valence-corrected chi connectivity index (χ3v) is 3.09. The zero-order valence-electron chi connectivity index (χ0n) is 13.7. The minimum atomic E-state index is -0.216. The van der Waals surface area contributed by atoms with E-state index in [-0.39, 0.29) is 18.3 Å². The number of aryl methyl sites for hydroxylation is 1. The Hall–Kier alpha value is -2.11. The fourth-order valence-corrected chi connectivity index (χ4v) is 1.71. The van der Waals surface area contributed by atoms with E-state index in [0.29, 0.717) is 18.1 Å². The second kappa shape index (κ2) is 9.02. The molecule has 0 saturated carbocycles.